The van der Waals surface area contributed by atoms with Gasteiger partial charge in [-0.1, -0.05) is 37.3 Å². The smallest absolute Gasteiger partial charge is 0.0957 e. The molecule has 0 fully saturated rings. The van der Waals surface area contributed by atoms with Crippen LogP contribution in [0.15, 0.2) is 36.7 Å². The average Bonchev–Trinajstić information content (AvgIpc) is 2.93. The quantitative estimate of drug-likeness (QED) is 0.904. The third-order valence-electron chi connectivity index (χ3n) is 4.17. The van der Waals surface area contributed by atoms with E-state index in [-0.39, 0.29) is 0 Å². The fraction of sp³-hybridized carbons (Fsp3) is 0.471. The second kappa shape index (κ2) is 6.23. The zero-order valence-corrected chi connectivity index (χ0v) is 12.2. The summed E-state index contributed by atoms with van der Waals surface area (Å²) in [4.78, 5) is 4.65. The second-order valence-electron chi connectivity index (χ2n) is 5.49. The molecule has 3 nitrogen and oxygen atoms in total. The molecule has 2 aromatic rings. The van der Waals surface area contributed by atoms with Crippen LogP contribution in [0.1, 0.15) is 42.8 Å². The van der Waals surface area contributed by atoms with Crippen molar-refractivity contribution < 1.29 is 0 Å². The first-order chi connectivity index (χ1) is 9.90. The van der Waals surface area contributed by atoms with Crippen LogP contribution in [0, 0.1) is 0 Å². The molecule has 0 bridgehead atoms. The van der Waals surface area contributed by atoms with Crippen molar-refractivity contribution in [1.29, 1.82) is 0 Å². The molecule has 0 aliphatic heterocycles. The van der Waals surface area contributed by atoms with Crippen molar-refractivity contribution in [1.82, 2.24) is 14.9 Å². The zero-order chi connectivity index (χ0) is 13.8. The third kappa shape index (κ3) is 2.63. The topological polar surface area (TPSA) is 29.9 Å². The van der Waals surface area contributed by atoms with Gasteiger partial charge in [0.1, 0.15) is 0 Å². The maximum atomic E-state index is 4.65. The van der Waals surface area contributed by atoms with Crippen molar-refractivity contribution in [2.75, 3.05) is 13.1 Å². The van der Waals surface area contributed by atoms with Gasteiger partial charge in [0, 0.05) is 12.2 Å². The van der Waals surface area contributed by atoms with E-state index in [1.807, 2.05) is 6.33 Å². The molecule has 0 saturated carbocycles. The van der Waals surface area contributed by atoms with E-state index in [4.69, 9.17) is 0 Å². The van der Waals surface area contributed by atoms with Gasteiger partial charge in [-0.15, -0.1) is 0 Å². The van der Waals surface area contributed by atoms with Gasteiger partial charge in [-0.25, -0.2) is 4.98 Å². The van der Waals surface area contributed by atoms with Gasteiger partial charge in [0.15, 0.2) is 0 Å². The molecule has 1 atom stereocenters. The van der Waals surface area contributed by atoms with Crippen molar-refractivity contribution >= 4 is 0 Å². The molecule has 1 unspecified atom stereocenters. The predicted octanol–water partition coefficient (Wildman–Crippen LogP) is 2.96. The second-order valence-corrected chi connectivity index (χ2v) is 5.49. The summed E-state index contributed by atoms with van der Waals surface area (Å²) >= 11 is 0. The molecule has 20 heavy (non-hydrogen) atoms. The molecule has 3 heteroatoms. The Kier molecular flexibility index (Phi) is 4.16. The first kappa shape index (κ1) is 13.4. The van der Waals surface area contributed by atoms with Gasteiger partial charge >= 0.3 is 0 Å². The normalized spacial score (nSPS) is 15.8. The summed E-state index contributed by atoms with van der Waals surface area (Å²) in [5.41, 5.74) is 4.12. The monoisotopic (exact) mass is 269 g/mol. The van der Waals surface area contributed by atoms with Gasteiger partial charge < -0.3 is 9.88 Å². The van der Waals surface area contributed by atoms with E-state index in [0.29, 0.717) is 6.04 Å². The number of fused-ring (bicyclic) bond motifs is 1. The van der Waals surface area contributed by atoms with E-state index in [1.54, 1.807) is 0 Å². The van der Waals surface area contributed by atoms with Crippen molar-refractivity contribution in [2.45, 2.75) is 38.6 Å². The molecule has 3 rings (SSSR count). The van der Waals surface area contributed by atoms with Gasteiger partial charge in [0.05, 0.1) is 18.1 Å². The zero-order valence-electron chi connectivity index (χ0n) is 12.2. The largest absolute Gasteiger partial charge is 0.326 e. The maximum Gasteiger partial charge on any atom is 0.0957 e. The van der Waals surface area contributed by atoms with Gasteiger partial charge in [-0.05, 0) is 37.8 Å². The number of benzene rings is 1. The third-order valence-corrected chi connectivity index (χ3v) is 4.17. The van der Waals surface area contributed by atoms with E-state index >= 15 is 0 Å². The van der Waals surface area contributed by atoms with Crippen LogP contribution < -0.4 is 5.32 Å². The number of hydrogen-bond acceptors (Lipinski definition) is 2. The Hall–Kier alpha value is -1.61. The van der Waals surface area contributed by atoms with E-state index in [9.17, 15) is 0 Å². The molecule has 1 aliphatic rings. The number of aromatic nitrogens is 2. The fourth-order valence-electron chi connectivity index (χ4n) is 3.09. The summed E-state index contributed by atoms with van der Waals surface area (Å²) in [6, 6.07) is 11.1. The number of nitrogens with one attached hydrogen (secondary N) is 1. The van der Waals surface area contributed by atoms with E-state index < -0.39 is 0 Å². The number of aryl methyl sites for hydroxylation is 1. The van der Waals surface area contributed by atoms with E-state index in [0.717, 1.165) is 19.5 Å². The maximum absolute atomic E-state index is 4.65. The van der Waals surface area contributed by atoms with Crippen LogP contribution in [0.4, 0.5) is 0 Å². The van der Waals surface area contributed by atoms with Crippen LogP contribution >= 0.6 is 0 Å². The van der Waals surface area contributed by atoms with Crippen LogP contribution in [-0.4, -0.2) is 22.6 Å². The Labute approximate surface area is 121 Å². The Balaban J connectivity index is 1.95. The molecule has 106 valence electrons. The number of rotatable bonds is 5. The lowest BCUT2D eigenvalue weighted by Crippen LogP contribution is -2.27. The van der Waals surface area contributed by atoms with Crippen LogP contribution in [0.5, 0.6) is 0 Å². The number of likely N-dealkylation sites (N-methyl/N-ethyl adjacent to an activating group) is 1. The molecule has 1 aromatic carbocycles. The summed E-state index contributed by atoms with van der Waals surface area (Å²) in [7, 11) is 0. The highest BCUT2D eigenvalue weighted by Crippen LogP contribution is 2.26. The minimum absolute atomic E-state index is 0.352. The molecule has 1 N–H and O–H groups in total. The minimum Gasteiger partial charge on any atom is -0.326 e. The molecule has 0 saturated heterocycles. The molecular formula is C17H23N3. The molecule has 1 aliphatic carbocycles. The number of imidazole rings is 1. The highest BCUT2D eigenvalue weighted by atomic mass is 15.1. The first-order valence-electron chi connectivity index (χ1n) is 7.70. The minimum atomic E-state index is 0.352. The summed E-state index contributed by atoms with van der Waals surface area (Å²) in [6.07, 6.45) is 6.94. The van der Waals surface area contributed by atoms with Crippen LogP contribution in [0.25, 0.3) is 0 Å². The Morgan fingerprint density at radius 3 is 2.80 bits per heavy atom. The van der Waals surface area contributed by atoms with Crippen LogP contribution in [0.2, 0.25) is 0 Å². The van der Waals surface area contributed by atoms with Crippen LogP contribution in [0.3, 0.4) is 0 Å². The Bertz CT molecular complexity index is 545. The van der Waals surface area contributed by atoms with Gasteiger partial charge in [0.2, 0.25) is 0 Å². The molecular weight excluding hydrogens is 246 g/mol. The van der Waals surface area contributed by atoms with Crippen molar-refractivity contribution in [2.24, 2.45) is 0 Å². The van der Waals surface area contributed by atoms with Crippen molar-refractivity contribution in [3.8, 4) is 0 Å². The molecule has 0 spiro atoms. The fourth-order valence-corrected chi connectivity index (χ4v) is 3.09. The molecule has 1 aromatic heterocycles. The average molecular weight is 269 g/mol. The lowest BCUT2D eigenvalue weighted by atomic mass is 9.99. The van der Waals surface area contributed by atoms with E-state index in [2.05, 4.69) is 52.1 Å². The highest BCUT2D eigenvalue weighted by Gasteiger charge is 2.21. The summed E-state index contributed by atoms with van der Waals surface area (Å²) in [5.74, 6) is 0. The predicted molar refractivity (Wildman–Crippen MR) is 82.0 cm³/mol. The van der Waals surface area contributed by atoms with Gasteiger partial charge in [-0.2, -0.15) is 0 Å². The molecule has 0 radical (unpaired) electrons. The molecule has 0 amide bonds. The lowest BCUT2D eigenvalue weighted by molar-refractivity contribution is 0.504. The SMILES string of the molecule is CCNCC(c1ccccc1)n1cnc2c1CCCC2. The van der Waals surface area contributed by atoms with Crippen molar-refractivity contribution in [3.05, 3.63) is 53.6 Å². The van der Waals surface area contributed by atoms with Gasteiger partial charge in [-0.3, -0.25) is 0 Å². The number of nitrogens with zero attached hydrogens (tertiary/aromatic N) is 2. The summed E-state index contributed by atoms with van der Waals surface area (Å²) in [5, 5.41) is 3.49. The summed E-state index contributed by atoms with van der Waals surface area (Å²) in [6.45, 7) is 4.12. The summed E-state index contributed by atoms with van der Waals surface area (Å²) < 4.78 is 2.40. The molecule has 1 heterocycles. The number of hydrogen-bond donors (Lipinski definition) is 1. The standard InChI is InChI=1S/C17H23N3/c1-2-18-12-17(14-8-4-3-5-9-14)20-13-19-15-10-6-7-11-16(15)20/h3-5,8-9,13,17-18H,2,6-7,10-12H2,1H3. The van der Waals surface area contributed by atoms with Gasteiger partial charge in [0.25, 0.3) is 0 Å². The Morgan fingerprint density at radius 2 is 2.00 bits per heavy atom. The van der Waals surface area contributed by atoms with E-state index in [1.165, 1.54) is 36.2 Å². The van der Waals surface area contributed by atoms with Crippen molar-refractivity contribution in [3.63, 3.8) is 0 Å². The highest BCUT2D eigenvalue weighted by molar-refractivity contribution is 5.25. The lowest BCUT2D eigenvalue weighted by Gasteiger charge is -2.23. The first-order valence-corrected chi connectivity index (χ1v) is 7.70. The van der Waals surface area contributed by atoms with Crippen LogP contribution in [-0.2, 0) is 12.8 Å². The Morgan fingerprint density at radius 1 is 1.20 bits per heavy atom.